The molecular weight excluding hydrogens is 244 g/mol. The second-order valence-corrected chi connectivity index (χ2v) is 6.84. The zero-order chi connectivity index (χ0) is 14.6. The summed E-state index contributed by atoms with van der Waals surface area (Å²) >= 11 is 0. The van der Waals surface area contributed by atoms with Crippen LogP contribution in [0.5, 0.6) is 0 Å². The lowest BCUT2D eigenvalue weighted by Crippen LogP contribution is -2.19. The van der Waals surface area contributed by atoms with Gasteiger partial charge < -0.3 is 10.6 Å². The molecule has 1 aliphatic heterocycles. The normalized spacial score (nSPS) is 17.1. The third-order valence-corrected chi connectivity index (χ3v) is 3.99. The van der Waals surface area contributed by atoms with E-state index in [2.05, 4.69) is 50.0 Å². The maximum Gasteiger partial charge on any atom is 0.0320 e. The smallest absolute Gasteiger partial charge is 0.0320 e. The molecule has 1 fully saturated rings. The number of benzene rings is 1. The highest BCUT2D eigenvalue weighted by molar-refractivity contribution is 5.61. The average Bonchev–Trinajstić information content (AvgIpc) is 2.86. The highest BCUT2D eigenvalue weighted by Crippen LogP contribution is 2.28. The first kappa shape index (κ1) is 15.1. The van der Waals surface area contributed by atoms with Gasteiger partial charge in [0.1, 0.15) is 0 Å². The summed E-state index contributed by atoms with van der Waals surface area (Å²) in [7, 11) is 0. The minimum atomic E-state index is 0.155. The van der Waals surface area contributed by atoms with Crippen LogP contribution in [0.25, 0.3) is 6.08 Å². The van der Waals surface area contributed by atoms with Crippen molar-refractivity contribution in [2.45, 2.75) is 45.4 Å². The van der Waals surface area contributed by atoms with Crippen molar-refractivity contribution in [3.63, 3.8) is 0 Å². The summed E-state index contributed by atoms with van der Waals surface area (Å²) < 4.78 is 0. The molecule has 0 spiro atoms. The summed E-state index contributed by atoms with van der Waals surface area (Å²) in [5, 5.41) is 0. The Morgan fingerprint density at radius 1 is 1.20 bits per heavy atom. The molecule has 0 atom stereocenters. The van der Waals surface area contributed by atoms with Crippen LogP contribution in [-0.4, -0.2) is 24.5 Å². The molecule has 1 heterocycles. The maximum atomic E-state index is 5.93. The van der Waals surface area contributed by atoms with Crippen LogP contribution in [0.1, 0.15) is 51.2 Å². The summed E-state index contributed by atoms with van der Waals surface area (Å²) in [6, 6.07) is 6.25. The monoisotopic (exact) mass is 272 g/mol. The van der Waals surface area contributed by atoms with E-state index < -0.39 is 0 Å². The van der Waals surface area contributed by atoms with Gasteiger partial charge in [0.2, 0.25) is 0 Å². The van der Waals surface area contributed by atoms with Crippen molar-refractivity contribution in [1.29, 1.82) is 0 Å². The van der Waals surface area contributed by atoms with Crippen LogP contribution >= 0.6 is 0 Å². The minimum Gasteiger partial charge on any atom is -0.399 e. The number of hydrogen-bond acceptors (Lipinski definition) is 2. The highest BCUT2D eigenvalue weighted by Gasteiger charge is 2.16. The first-order chi connectivity index (χ1) is 9.47. The Morgan fingerprint density at radius 3 is 2.55 bits per heavy atom. The second-order valence-electron chi connectivity index (χ2n) is 6.84. The molecule has 0 saturated carbocycles. The van der Waals surface area contributed by atoms with Crippen molar-refractivity contribution in [2.75, 3.05) is 25.4 Å². The van der Waals surface area contributed by atoms with E-state index in [9.17, 15) is 0 Å². The summed E-state index contributed by atoms with van der Waals surface area (Å²) in [6.07, 6.45) is 8.40. The number of nitrogen functional groups attached to an aromatic ring is 1. The lowest BCUT2D eigenvalue weighted by atomic mass is 9.83. The van der Waals surface area contributed by atoms with Gasteiger partial charge in [-0.2, -0.15) is 0 Å². The third kappa shape index (κ3) is 4.11. The zero-order valence-electron chi connectivity index (χ0n) is 13.2. The van der Waals surface area contributed by atoms with Crippen molar-refractivity contribution in [1.82, 2.24) is 4.90 Å². The van der Waals surface area contributed by atoms with Crippen LogP contribution in [0.15, 0.2) is 24.3 Å². The first-order valence-electron chi connectivity index (χ1n) is 7.76. The maximum absolute atomic E-state index is 5.93. The van der Waals surface area contributed by atoms with Gasteiger partial charge in [-0.1, -0.05) is 39.0 Å². The van der Waals surface area contributed by atoms with E-state index in [1.54, 1.807) is 0 Å². The zero-order valence-corrected chi connectivity index (χ0v) is 13.2. The Hall–Kier alpha value is -1.28. The number of nitrogens with zero attached hydrogens (tertiary/aromatic N) is 1. The van der Waals surface area contributed by atoms with Gasteiger partial charge in [0, 0.05) is 12.2 Å². The molecular formula is C18H28N2. The predicted molar refractivity (Wildman–Crippen MR) is 88.9 cm³/mol. The third-order valence-electron chi connectivity index (χ3n) is 3.99. The minimum absolute atomic E-state index is 0.155. The Balaban J connectivity index is 2.01. The molecule has 110 valence electrons. The van der Waals surface area contributed by atoms with E-state index in [-0.39, 0.29) is 5.41 Å². The molecule has 0 aromatic heterocycles. The van der Waals surface area contributed by atoms with Crippen LogP contribution < -0.4 is 5.73 Å². The van der Waals surface area contributed by atoms with E-state index >= 15 is 0 Å². The van der Waals surface area contributed by atoms with Crippen LogP contribution in [0.3, 0.4) is 0 Å². The number of nitrogens with two attached hydrogens (primary N) is 1. The van der Waals surface area contributed by atoms with Gasteiger partial charge >= 0.3 is 0 Å². The van der Waals surface area contributed by atoms with Gasteiger partial charge in [-0.05, 0) is 61.0 Å². The van der Waals surface area contributed by atoms with Crippen LogP contribution in [0.2, 0.25) is 0 Å². The molecule has 2 rings (SSSR count). The van der Waals surface area contributed by atoms with Gasteiger partial charge in [0.05, 0.1) is 0 Å². The molecule has 2 N–H and O–H groups in total. The van der Waals surface area contributed by atoms with E-state index in [0.717, 1.165) is 12.1 Å². The molecule has 20 heavy (non-hydrogen) atoms. The number of anilines is 1. The Labute approximate surface area is 123 Å². The Bertz CT molecular complexity index is 463. The molecule has 1 saturated heterocycles. The van der Waals surface area contributed by atoms with E-state index in [1.165, 1.54) is 43.6 Å². The summed E-state index contributed by atoms with van der Waals surface area (Å²) in [6.45, 7) is 10.5. The van der Waals surface area contributed by atoms with Gasteiger partial charge in [0.15, 0.2) is 0 Å². The van der Waals surface area contributed by atoms with Crippen LogP contribution in [-0.2, 0) is 5.41 Å². The topological polar surface area (TPSA) is 29.3 Å². The fraction of sp³-hybridized carbons (Fsp3) is 0.556. The van der Waals surface area contributed by atoms with E-state index in [0.29, 0.717) is 0 Å². The van der Waals surface area contributed by atoms with Gasteiger partial charge in [-0.15, -0.1) is 0 Å². The largest absolute Gasteiger partial charge is 0.399 e. The van der Waals surface area contributed by atoms with E-state index in [1.807, 2.05) is 6.07 Å². The molecule has 0 radical (unpaired) electrons. The number of likely N-dealkylation sites (tertiary alicyclic amines) is 1. The predicted octanol–water partition coefficient (Wildman–Crippen LogP) is 4.07. The SMILES string of the molecule is CC(C)(C)c1ccc(N)cc1/C=C/CCN1CCCC1. The van der Waals surface area contributed by atoms with Crippen molar-refractivity contribution in [3.8, 4) is 0 Å². The quantitative estimate of drug-likeness (QED) is 0.837. The lowest BCUT2D eigenvalue weighted by molar-refractivity contribution is 0.346. The number of hydrogen-bond donors (Lipinski definition) is 1. The van der Waals surface area contributed by atoms with Crippen LogP contribution in [0, 0.1) is 0 Å². The van der Waals surface area contributed by atoms with Crippen molar-refractivity contribution in [3.05, 3.63) is 35.4 Å². The van der Waals surface area contributed by atoms with Gasteiger partial charge in [-0.3, -0.25) is 0 Å². The second kappa shape index (κ2) is 6.45. The number of rotatable bonds is 4. The molecule has 1 aliphatic rings. The Morgan fingerprint density at radius 2 is 1.90 bits per heavy atom. The summed E-state index contributed by atoms with van der Waals surface area (Å²) in [5.74, 6) is 0. The lowest BCUT2D eigenvalue weighted by Gasteiger charge is -2.22. The molecule has 1 aromatic rings. The van der Waals surface area contributed by atoms with E-state index in [4.69, 9.17) is 5.73 Å². The highest BCUT2D eigenvalue weighted by atomic mass is 15.1. The molecule has 2 heteroatoms. The van der Waals surface area contributed by atoms with Gasteiger partial charge in [-0.25, -0.2) is 0 Å². The molecule has 1 aromatic carbocycles. The first-order valence-corrected chi connectivity index (χ1v) is 7.76. The average molecular weight is 272 g/mol. The fourth-order valence-corrected chi connectivity index (χ4v) is 2.88. The molecule has 0 amide bonds. The fourth-order valence-electron chi connectivity index (χ4n) is 2.88. The molecule has 2 nitrogen and oxygen atoms in total. The molecule has 0 aliphatic carbocycles. The van der Waals surface area contributed by atoms with Crippen molar-refractivity contribution >= 4 is 11.8 Å². The summed E-state index contributed by atoms with van der Waals surface area (Å²) in [4.78, 5) is 2.55. The van der Waals surface area contributed by atoms with Gasteiger partial charge in [0.25, 0.3) is 0 Å². The van der Waals surface area contributed by atoms with Crippen molar-refractivity contribution < 1.29 is 0 Å². The standard InChI is InChI=1S/C18H28N2/c1-18(2,3)17-10-9-16(19)14-15(17)8-4-5-11-20-12-6-7-13-20/h4,8-10,14H,5-7,11-13,19H2,1-3H3/b8-4+. The molecule has 0 unspecified atom stereocenters. The summed E-state index contributed by atoms with van der Waals surface area (Å²) in [5.41, 5.74) is 9.56. The molecule has 0 bridgehead atoms. The van der Waals surface area contributed by atoms with Crippen molar-refractivity contribution in [2.24, 2.45) is 0 Å². The van der Waals surface area contributed by atoms with Crippen LogP contribution in [0.4, 0.5) is 5.69 Å². The Kier molecular flexibility index (Phi) is 4.87.